The van der Waals surface area contributed by atoms with Crippen molar-refractivity contribution in [1.82, 2.24) is 5.32 Å². The second kappa shape index (κ2) is 6.89. The summed E-state index contributed by atoms with van der Waals surface area (Å²) in [6.07, 6.45) is 4.48. The van der Waals surface area contributed by atoms with E-state index in [-0.39, 0.29) is 16.5 Å². The minimum atomic E-state index is -1.09. The van der Waals surface area contributed by atoms with Gasteiger partial charge in [0.2, 0.25) is 0 Å². The highest BCUT2D eigenvalue weighted by molar-refractivity contribution is 6.33. The summed E-state index contributed by atoms with van der Waals surface area (Å²) in [5.74, 6) is -2.75. The molecule has 1 aliphatic rings. The fourth-order valence-electron chi connectivity index (χ4n) is 2.78. The number of hydrogen-bond acceptors (Lipinski definition) is 2. The number of aliphatic carboxylic acids is 1. The van der Waals surface area contributed by atoms with Crippen LogP contribution in [0, 0.1) is 11.7 Å². The van der Waals surface area contributed by atoms with E-state index in [0.717, 1.165) is 38.2 Å². The Balaban J connectivity index is 2.16. The van der Waals surface area contributed by atoms with Crippen LogP contribution in [-0.2, 0) is 4.79 Å². The largest absolute Gasteiger partial charge is 0.480 e. The highest BCUT2D eigenvalue weighted by Gasteiger charge is 2.31. The number of amides is 1. The molecule has 1 aliphatic carbocycles. The molecule has 1 fully saturated rings. The van der Waals surface area contributed by atoms with Gasteiger partial charge in [0.05, 0.1) is 10.6 Å². The minimum absolute atomic E-state index is 0.0275. The predicted octanol–water partition coefficient (Wildman–Crippen LogP) is 3.24. The number of carbonyl (C=O) groups excluding carboxylic acids is 1. The molecule has 0 aliphatic heterocycles. The van der Waals surface area contributed by atoms with Crippen molar-refractivity contribution >= 4 is 23.5 Å². The zero-order valence-electron chi connectivity index (χ0n) is 11.4. The monoisotopic (exact) mass is 313 g/mol. The molecule has 4 nitrogen and oxygen atoms in total. The van der Waals surface area contributed by atoms with E-state index in [2.05, 4.69) is 5.32 Å². The van der Waals surface area contributed by atoms with Crippen LogP contribution in [0.5, 0.6) is 0 Å². The summed E-state index contributed by atoms with van der Waals surface area (Å²) in [6, 6.07) is 2.91. The summed E-state index contributed by atoms with van der Waals surface area (Å²) in [5, 5.41) is 11.7. The molecule has 0 heterocycles. The Labute approximate surface area is 127 Å². The van der Waals surface area contributed by atoms with Crippen molar-refractivity contribution in [1.29, 1.82) is 0 Å². The molecule has 2 N–H and O–H groups in total. The first-order valence-electron chi connectivity index (χ1n) is 6.98. The first-order valence-corrected chi connectivity index (χ1v) is 7.36. The third-order valence-corrected chi connectivity index (χ3v) is 4.18. The maximum Gasteiger partial charge on any atom is 0.326 e. The molecule has 1 unspecified atom stereocenters. The van der Waals surface area contributed by atoms with E-state index >= 15 is 0 Å². The fourth-order valence-corrected chi connectivity index (χ4v) is 3.03. The number of rotatable bonds is 4. The van der Waals surface area contributed by atoms with Crippen molar-refractivity contribution in [2.24, 2.45) is 5.92 Å². The predicted molar refractivity (Wildman–Crippen MR) is 76.9 cm³/mol. The molecule has 1 amide bonds. The molecule has 0 spiro atoms. The first kappa shape index (κ1) is 15.8. The maximum absolute atomic E-state index is 13.7. The van der Waals surface area contributed by atoms with Crippen LogP contribution in [0.1, 0.15) is 42.5 Å². The van der Waals surface area contributed by atoms with E-state index in [9.17, 15) is 19.1 Å². The smallest absolute Gasteiger partial charge is 0.326 e. The van der Waals surface area contributed by atoms with Gasteiger partial charge in [-0.05, 0) is 30.9 Å². The van der Waals surface area contributed by atoms with Crippen LogP contribution in [0.3, 0.4) is 0 Å². The van der Waals surface area contributed by atoms with Gasteiger partial charge in [0.25, 0.3) is 5.91 Å². The summed E-state index contributed by atoms with van der Waals surface area (Å²) < 4.78 is 13.7. The summed E-state index contributed by atoms with van der Waals surface area (Å²) in [5.41, 5.74) is -0.304. The van der Waals surface area contributed by atoms with Gasteiger partial charge in [-0.25, -0.2) is 9.18 Å². The molecular weight excluding hydrogens is 297 g/mol. The van der Waals surface area contributed by atoms with E-state index in [1.807, 2.05) is 0 Å². The lowest BCUT2D eigenvalue weighted by Gasteiger charge is -2.28. The third kappa shape index (κ3) is 3.73. The highest BCUT2D eigenvalue weighted by atomic mass is 35.5. The molecule has 1 aromatic rings. The van der Waals surface area contributed by atoms with Gasteiger partial charge in [-0.1, -0.05) is 36.9 Å². The van der Waals surface area contributed by atoms with Crippen molar-refractivity contribution in [2.75, 3.05) is 0 Å². The number of halogens is 2. The molecule has 21 heavy (non-hydrogen) atoms. The Kier molecular flexibility index (Phi) is 5.17. The maximum atomic E-state index is 13.7. The summed E-state index contributed by atoms with van der Waals surface area (Å²) >= 11 is 5.82. The van der Waals surface area contributed by atoms with Gasteiger partial charge < -0.3 is 10.4 Å². The van der Waals surface area contributed by atoms with Gasteiger partial charge in [-0.2, -0.15) is 0 Å². The fraction of sp³-hybridized carbons (Fsp3) is 0.467. The van der Waals surface area contributed by atoms with E-state index in [0.29, 0.717) is 0 Å². The summed E-state index contributed by atoms with van der Waals surface area (Å²) in [7, 11) is 0. The van der Waals surface area contributed by atoms with Gasteiger partial charge in [0.15, 0.2) is 0 Å². The zero-order valence-corrected chi connectivity index (χ0v) is 12.2. The van der Waals surface area contributed by atoms with Crippen LogP contribution in [0.2, 0.25) is 5.02 Å². The molecule has 1 aromatic carbocycles. The lowest BCUT2D eigenvalue weighted by atomic mass is 9.84. The molecular formula is C15H17ClFNO3. The molecule has 6 heteroatoms. The SMILES string of the molecule is O=C(NC(C(=O)O)C1CCCCC1)c1c(F)cccc1Cl. The number of carbonyl (C=O) groups is 2. The highest BCUT2D eigenvalue weighted by Crippen LogP contribution is 2.27. The average molecular weight is 314 g/mol. The van der Waals surface area contributed by atoms with Crippen molar-refractivity contribution in [3.8, 4) is 0 Å². The number of carboxylic acid groups (broad SMARTS) is 1. The van der Waals surface area contributed by atoms with E-state index in [1.54, 1.807) is 0 Å². The van der Waals surface area contributed by atoms with Crippen LogP contribution < -0.4 is 5.32 Å². The Morgan fingerprint density at radius 1 is 1.29 bits per heavy atom. The van der Waals surface area contributed by atoms with E-state index < -0.39 is 23.7 Å². The number of benzene rings is 1. The van der Waals surface area contributed by atoms with Crippen molar-refractivity contribution in [2.45, 2.75) is 38.1 Å². The van der Waals surface area contributed by atoms with Crippen molar-refractivity contribution < 1.29 is 19.1 Å². The lowest BCUT2D eigenvalue weighted by Crippen LogP contribution is -2.46. The van der Waals surface area contributed by atoms with Crippen LogP contribution in [0.15, 0.2) is 18.2 Å². The van der Waals surface area contributed by atoms with Gasteiger partial charge in [0, 0.05) is 0 Å². The molecule has 0 aromatic heterocycles. The molecule has 1 atom stereocenters. The minimum Gasteiger partial charge on any atom is -0.480 e. The number of carboxylic acids is 1. The topological polar surface area (TPSA) is 66.4 Å². The Morgan fingerprint density at radius 2 is 1.95 bits per heavy atom. The van der Waals surface area contributed by atoms with Gasteiger partial charge in [0.1, 0.15) is 11.9 Å². The lowest BCUT2D eigenvalue weighted by molar-refractivity contribution is -0.141. The van der Waals surface area contributed by atoms with Crippen LogP contribution in [-0.4, -0.2) is 23.0 Å². The molecule has 2 rings (SSSR count). The average Bonchev–Trinajstić information content (AvgIpc) is 2.45. The number of nitrogens with one attached hydrogen (secondary N) is 1. The molecule has 0 saturated heterocycles. The van der Waals surface area contributed by atoms with Crippen molar-refractivity contribution in [3.63, 3.8) is 0 Å². The zero-order chi connectivity index (χ0) is 15.4. The first-order chi connectivity index (χ1) is 10.0. The molecule has 1 saturated carbocycles. The molecule has 114 valence electrons. The normalized spacial score (nSPS) is 17.2. The van der Waals surface area contributed by atoms with Crippen LogP contribution in [0.25, 0.3) is 0 Å². The summed E-state index contributed by atoms with van der Waals surface area (Å²) in [6.45, 7) is 0. The van der Waals surface area contributed by atoms with Gasteiger partial charge in [-0.3, -0.25) is 4.79 Å². The van der Waals surface area contributed by atoms with Crippen LogP contribution >= 0.6 is 11.6 Å². The second-order valence-electron chi connectivity index (χ2n) is 5.28. The molecule has 0 bridgehead atoms. The Hall–Kier alpha value is -1.62. The van der Waals surface area contributed by atoms with Crippen molar-refractivity contribution in [3.05, 3.63) is 34.6 Å². The quantitative estimate of drug-likeness (QED) is 0.896. The van der Waals surface area contributed by atoms with Gasteiger partial charge in [-0.15, -0.1) is 0 Å². The molecule has 0 radical (unpaired) electrons. The Bertz CT molecular complexity index is 523. The van der Waals surface area contributed by atoms with E-state index in [1.165, 1.54) is 12.1 Å². The second-order valence-corrected chi connectivity index (χ2v) is 5.69. The summed E-state index contributed by atoms with van der Waals surface area (Å²) in [4.78, 5) is 23.5. The standard InChI is InChI=1S/C15H17ClFNO3/c16-10-7-4-8-11(17)12(10)14(19)18-13(15(20)21)9-5-2-1-3-6-9/h4,7-9,13H,1-3,5-6H2,(H,18,19)(H,20,21). The Morgan fingerprint density at radius 3 is 2.52 bits per heavy atom. The van der Waals surface area contributed by atoms with Gasteiger partial charge >= 0.3 is 5.97 Å². The van der Waals surface area contributed by atoms with Crippen LogP contribution in [0.4, 0.5) is 4.39 Å². The third-order valence-electron chi connectivity index (χ3n) is 3.86. The van der Waals surface area contributed by atoms with E-state index in [4.69, 9.17) is 11.6 Å². The number of hydrogen-bond donors (Lipinski definition) is 2.